The van der Waals surface area contributed by atoms with Crippen LogP contribution in [-0.2, 0) is 17.8 Å². The largest absolute Gasteiger partial charge is 0.481 e. The molecule has 0 spiro atoms. The van der Waals surface area contributed by atoms with Crippen molar-refractivity contribution < 1.29 is 9.90 Å². The van der Waals surface area contributed by atoms with Crippen LogP contribution in [0.1, 0.15) is 18.1 Å². The Hall–Kier alpha value is -1.46. The first-order valence-corrected chi connectivity index (χ1v) is 6.10. The molecule has 0 aliphatic rings. The van der Waals surface area contributed by atoms with Gasteiger partial charge in [0.05, 0.1) is 17.5 Å². The second-order valence-corrected chi connectivity index (χ2v) is 4.80. The quantitative estimate of drug-likeness (QED) is 0.762. The molecule has 1 aromatic carbocycles. The van der Waals surface area contributed by atoms with Crippen LogP contribution in [0.25, 0.3) is 0 Å². The molecule has 1 aromatic rings. The number of nitrogens with two attached hydrogens (primary N) is 1. The van der Waals surface area contributed by atoms with Crippen molar-refractivity contribution in [1.29, 1.82) is 0 Å². The summed E-state index contributed by atoms with van der Waals surface area (Å²) < 4.78 is 0. The summed E-state index contributed by atoms with van der Waals surface area (Å²) in [6.45, 7) is 2.56. The van der Waals surface area contributed by atoms with Gasteiger partial charge < -0.3 is 10.8 Å². The van der Waals surface area contributed by atoms with E-state index < -0.39 is 5.97 Å². The third-order valence-electron chi connectivity index (χ3n) is 2.95. The van der Waals surface area contributed by atoms with Crippen LogP contribution in [-0.4, -0.2) is 34.1 Å². The lowest BCUT2D eigenvalue weighted by Gasteiger charge is -2.24. The second kappa shape index (κ2) is 6.47. The van der Waals surface area contributed by atoms with E-state index in [1.54, 1.807) is 0 Å². The number of carboxylic acids is 1. The highest BCUT2D eigenvalue weighted by Gasteiger charge is 2.14. The molecule has 5 heteroatoms. The summed E-state index contributed by atoms with van der Waals surface area (Å²) in [6, 6.07) is 7.50. The van der Waals surface area contributed by atoms with Crippen molar-refractivity contribution in [2.75, 3.05) is 7.05 Å². The Morgan fingerprint density at radius 2 is 2.00 bits per heavy atom. The third-order valence-corrected chi connectivity index (χ3v) is 3.29. The van der Waals surface area contributed by atoms with Gasteiger partial charge in [0.2, 0.25) is 0 Å². The number of hydrogen-bond donors (Lipinski definition) is 2. The first kappa shape index (κ1) is 14.6. The number of nitrogens with zero attached hydrogens (tertiary/aromatic N) is 1. The van der Waals surface area contributed by atoms with Crippen LogP contribution in [0, 0.1) is 0 Å². The van der Waals surface area contributed by atoms with E-state index in [0.717, 1.165) is 11.1 Å². The van der Waals surface area contributed by atoms with Crippen LogP contribution in [0.5, 0.6) is 0 Å². The van der Waals surface area contributed by atoms with E-state index in [9.17, 15) is 4.79 Å². The van der Waals surface area contributed by atoms with Crippen LogP contribution >= 0.6 is 12.2 Å². The highest BCUT2D eigenvalue weighted by Crippen LogP contribution is 2.13. The number of aliphatic carboxylic acids is 1. The highest BCUT2D eigenvalue weighted by atomic mass is 32.1. The van der Waals surface area contributed by atoms with Crippen LogP contribution < -0.4 is 5.73 Å². The Labute approximate surface area is 112 Å². The predicted octanol–water partition coefficient (Wildman–Crippen LogP) is 1.42. The zero-order chi connectivity index (χ0) is 13.7. The van der Waals surface area contributed by atoms with Crippen LogP contribution in [0.15, 0.2) is 24.3 Å². The molecule has 1 unspecified atom stereocenters. The number of benzene rings is 1. The summed E-state index contributed by atoms with van der Waals surface area (Å²) in [5.74, 6) is -0.826. The van der Waals surface area contributed by atoms with Gasteiger partial charge in [-0.2, -0.15) is 0 Å². The molecule has 0 aliphatic heterocycles. The van der Waals surface area contributed by atoms with Gasteiger partial charge in [-0.3, -0.25) is 9.69 Å². The van der Waals surface area contributed by atoms with Crippen LogP contribution in [0.2, 0.25) is 0 Å². The first-order valence-electron chi connectivity index (χ1n) is 5.70. The molecule has 98 valence electrons. The van der Waals surface area contributed by atoms with Crippen molar-refractivity contribution in [1.82, 2.24) is 4.90 Å². The van der Waals surface area contributed by atoms with Gasteiger partial charge in [0.1, 0.15) is 0 Å². The van der Waals surface area contributed by atoms with Crippen molar-refractivity contribution in [2.24, 2.45) is 5.73 Å². The number of thiocarbonyl (C=S) groups is 1. The lowest BCUT2D eigenvalue weighted by molar-refractivity contribution is -0.136. The molecule has 0 heterocycles. The summed E-state index contributed by atoms with van der Waals surface area (Å²) >= 11 is 4.96. The molecule has 1 atom stereocenters. The Morgan fingerprint density at radius 3 is 2.50 bits per heavy atom. The van der Waals surface area contributed by atoms with Gasteiger partial charge in [-0.05, 0) is 25.1 Å². The van der Waals surface area contributed by atoms with E-state index in [0.29, 0.717) is 11.5 Å². The van der Waals surface area contributed by atoms with Crippen molar-refractivity contribution >= 4 is 23.2 Å². The predicted molar refractivity (Wildman–Crippen MR) is 75.5 cm³/mol. The summed E-state index contributed by atoms with van der Waals surface area (Å²) in [6.07, 6.45) is 0.0332. The summed E-state index contributed by atoms with van der Waals surface area (Å²) in [7, 11) is 1.92. The fourth-order valence-electron chi connectivity index (χ4n) is 1.67. The molecule has 0 aromatic heterocycles. The van der Waals surface area contributed by atoms with E-state index >= 15 is 0 Å². The van der Waals surface area contributed by atoms with Crippen molar-refractivity contribution in [2.45, 2.75) is 25.9 Å². The molecule has 0 saturated heterocycles. The lowest BCUT2D eigenvalue weighted by Crippen LogP contribution is -2.38. The number of carboxylic acid groups (broad SMARTS) is 1. The SMILES string of the molecule is CC(C(N)=S)N(C)Cc1ccccc1CC(=O)O. The van der Waals surface area contributed by atoms with Gasteiger partial charge in [0.15, 0.2) is 0 Å². The second-order valence-electron chi connectivity index (χ2n) is 4.33. The van der Waals surface area contributed by atoms with Gasteiger partial charge in [-0.15, -0.1) is 0 Å². The number of carbonyl (C=O) groups is 1. The monoisotopic (exact) mass is 266 g/mol. The fourth-order valence-corrected chi connectivity index (χ4v) is 1.85. The third kappa shape index (κ3) is 4.09. The van der Waals surface area contributed by atoms with Crippen LogP contribution in [0.4, 0.5) is 0 Å². The maximum Gasteiger partial charge on any atom is 0.307 e. The maximum absolute atomic E-state index is 10.8. The minimum Gasteiger partial charge on any atom is -0.481 e. The molecule has 18 heavy (non-hydrogen) atoms. The van der Waals surface area contributed by atoms with Gasteiger partial charge in [-0.25, -0.2) is 0 Å². The highest BCUT2D eigenvalue weighted by molar-refractivity contribution is 7.80. The van der Waals surface area contributed by atoms with Crippen molar-refractivity contribution in [3.8, 4) is 0 Å². The van der Waals surface area contributed by atoms with E-state index in [2.05, 4.69) is 0 Å². The average molecular weight is 266 g/mol. The Kier molecular flexibility index (Phi) is 5.25. The molecule has 0 amide bonds. The molecule has 0 fully saturated rings. The summed E-state index contributed by atoms with van der Waals surface area (Å²) in [4.78, 5) is 13.2. The van der Waals surface area contributed by atoms with Crippen molar-refractivity contribution in [3.05, 3.63) is 35.4 Å². The zero-order valence-electron chi connectivity index (χ0n) is 10.6. The van der Waals surface area contributed by atoms with Crippen molar-refractivity contribution in [3.63, 3.8) is 0 Å². The number of hydrogen-bond acceptors (Lipinski definition) is 3. The normalized spacial score (nSPS) is 12.4. The smallest absolute Gasteiger partial charge is 0.307 e. The van der Waals surface area contributed by atoms with Gasteiger partial charge in [-0.1, -0.05) is 36.5 Å². The summed E-state index contributed by atoms with van der Waals surface area (Å²) in [5, 5.41) is 8.87. The molecule has 3 N–H and O–H groups in total. The Balaban J connectivity index is 2.83. The standard InChI is InChI=1S/C13H18N2O2S/c1-9(13(14)18)15(2)8-11-6-4-3-5-10(11)7-12(16)17/h3-6,9H,7-8H2,1-2H3,(H2,14,18)(H,16,17). The van der Waals surface area contributed by atoms with E-state index in [1.807, 2.05) is 43.1 Å². The Morgan fingerprint density at radius 1 is 1.44 bits per heavy atom. The Bertz CT molecular complexity index is 448. The molecule has 0 saturated carbocycles. The van der Waals surface area contributed by atoms with Crippen LogP contribution in [0.3, 0.4) is 0 Å². The van der Waals surface area contributed by atoms with Gasteiger partial charge in [0.25, 0.3) is 0 Å². The minimum absolute atomic E-state index is 0.0158. The summed E-state index contributed by atoms with van der Waals surface area (Å²) in [5.41, 5.74) is 7.42. The fraction of sp³-hybridized carbons (Fsp3) is 0.385. The van der Waals surface area contributed by atoms with E-state index in [1.165, 1.54) is 0 Å². The molecule has 1 rings (SSSR count). The zero-order valence-corrected chi connectivity index (χ0v) is 11.4. The van der Waals surface area contributed by atoms with E-state index in [-0.39, 0.29) is 12.5 Å². The number of rotatable bonds is 6. The molecular weight excluding hydrogens is 248 g/mol. The topological polar surface area (TPSA) is 66.6 Å². The average Bonchev–Trinajstić information content (AvgIpc) is 2.29. The molecular formula is C13H18N2O2S. The molecule has 0 bridgehead atoms. The van der Waals surface area contributed by atoms with Gasteiger partial charge in [0, 0.05) is 6.54 Å². The first-order chi connectivity index (χ1) is 8.41. The molecule has 0 aliphatic carbocycles. The maximum atomic E-state index is 10.8. The number of likely N-dealkylation sites (N-methyl/N-ethyl adjacent to an activating group) is 1. The lowest BCUT2D eigenvalue weighted by atomic mass is 10.0. The molecule has 4 nitrogen and oxygen atoms in total. The molecule has 0 radical (unpaired) electrons. The van der Waals surface area contributed by atoms with Gasteiger partial charge >= 0.3 is 5.97 Å². The van der Waals surface area contributed by atoms with E-state index in [4.69, 9.17) is 23.1 Å². The minimum atomic E-state index is -0.826.